The van der Waals surface area contributed by atoms with Gasteiger partial charge >= 0.3 is 0 Å². The van der Waals surface area contributed by atoms with Crippen molar-refractivity contribution in [1.82, 2.24) is 4.57 Å². The predicted molar refractivity (Wildman–Crippen MR) is 87.2 cm³/mol. The molecule has 1 aromatic heterocycles. The third-order valence-corrected chi connectivity index (χ3v) is 3.88. The molecule has 0 bridgehead atoms. The van der Waals surface area contributed by atoms with E-state index in [-0.39, 0.29) is 11.7 Å². The highest BCUT2D eigenvalue weighted by molar-refractivity contribution is 5.45. The van der Waals surface area contributed by atoms with Gasteiger partial charge in [0.05, 0.1) is 19.8 Å². The van der Waals surface area contributed by atoms with Gasteiger partial charge in [0.15, 0.2) is 5.79 Å². The molecule has 0 radical (unpaired) electrons. The number of nitrogens with zero attached hydrogens (tertiary/aromatic N) is 1. The number of benzene rings is 1. The average molecular weight is 315 g/mol. The quantitative estimate of drug-likeness (QED) is 0.870. The summed E-state index contributed by atoms with van der Waals surface area (Å²) in [6, 6.07) is 10.8. The van der Waals surface area contributed by atoms with E-state index in [1.165, 1.54) is 0 Å². The molecule has 0 amide bonds. The zero-order valence-corrected chi connectivity index (χ0v) is 13.6. The van der Waals surface area contributed by atoms with Crippen LogP contribution in [-0.4, -0.2) is 30.2 Å². The molecule has 1 aromatic carbocycles. The molecule has 0 N–H and O–H groups in total. The van der Waals surface area contributed by atoms with E-state index >= 15 is 0 Å². The molecular weight excluding hydrogens is 294 g/mol. The fourth-order valence-electron chi connectivity index (χ4n) is 2.82. The first-order valence-corrected chi connectivity index (χ1v) is 7.65. The van der Waals surface area contributed by atoms with E-state index in [0.717, 1.165) is 17.0 Å². The summed E-state index contributed by atoms with van der Waals surface area (Å²) in [6.45, 7) is 4.36. The van der Waals surface area contributed by atoms with Crippen molar-refractivity contribution in [2.75, 3.05) is 13.7 Å². The normalized spacial score (nSPS) is 19.7. The summed E-state index contributed by atoms with van der Waals surface area (Å²) in [5.74, 6) is 0.234. The molecule has 0 spiro atoms. The van der Waals surface area contributed by atoms with Crippen molar-refractivity contribution in [3.8, 4) is 11.4 Å². The van der Waals surface area contributed by atoms with Gasteiger partial charge in [-0.25, -0.2) is 0 Å². The Hall–Kier alpha value is -2.11. The number of hydrogen-bond acceptors (Lipinski definition) is 4. The van der Waals surface area contributed by atoms with Crippen LogP contribution in [0.5, 0.6) is 5.75 Å². The first kappa shape index (κ1) is 15.8. The van der Waals surface area contributed by atoms with Crippen LogP contribution in [0.15, 0.2) is 47.4 Å². The summed E-state index contributed by atoms with van der Waals surface area (Å²) in [4.78, 5) is 12.0. The van der Waals surface area contributed by atoms with Crippen molar-refractivity contribution in [3.63, 3.8) is 0 Å². The molecule has 3 rings (SSSR count). The van der Waals surface area contributed by atoms with Gasteiger partial charge in [-0.2, -0.15) is 0 Å². The summed E-state index contributed by atoms with van der Waals surface area (Å²) < 4.78 is 18.5. The number of rotatable bonds is 4. The van der Waals surface area contributed by atoms with E-state index < -0.39 is 5.79 Å². The lowest BCUT2D eigenvalue weighted by atomic mass is 10.1. The van der Waals surface area contributed by atoms with Crippen molar-refractivity contribution in [1.29, 1.82) is 0 Å². The fourth-order valence-corrected chi connectivity index (χ4v) is 2.82. The molecule has 1 unspecified atom stereocenters. The lowest BCUT2D eigenvalue weighted by Gasteiger charge is -2.18. The Bertz CT molecular complexity index is 751. The van der Waals surface area contributed by atoms with Gasteiger partial charge in [-0.15, -0.1) is 0 Å². The van der Waals surface area contributed by atoms with Crippen molar-refractivity contribution in [2.24, 2.45) is 0 Å². The monoisotopic (exact) mass is 315 g/mol. The minimum atomic E-state index is -0.550. The molecule has 1 fully saturated rings. The summed E-state index contributed by atoms with van der Waals surface area (Å²) in [7, 11) is 1.64. The van der Waals surface area contributed by atoms with Gasteiger partial charge in [-0.05, 0) is 43.7 Å². The van der Waals surface area contributed by atoms with E-state index in [2.05, 4.69) is 0 Å². The summed E-state index contributed by atoms with van der Waals surface area (Å²) in [6.07, 6.45) is 2.40. The van der Waals surface area contributed by atoms with Crippen molar-refractivity contribution < 1.29 is 14.2 Å². The molecule has 2 heterocycles. The second-order valence-electron chi connectivity index (χ2n) is 6.06. The zero-order chi connectivity index (χ0) is 16.4. The molecule has 23 heavy (non-hydrogen) atoms. The van der Waals surface area contributed by atoms with Crippen LogP contribution in [-0.2, 0) is 15.9 Å². The topological polar surface area (TPSA) is 49.7 Å². The molecule has 5 nitrogen and oxygen atoms in total. The van der Waals surface area contributed by atoms with Gasteiger partial charge in [-0.1, -0.05) is 6.07 Å². The SMILES string of the molecule is COc1ccc(-n2ccccc2=O)cc1CC1COC(C)(C)O1. The maximum atomic E-state index is 12.0. The van der Waals surface area contributed by atoms with Gasteiger partial charge in [0.1, 0.15) is 5.75 Å². The van der Waals surface area contributed by atoms with Crippen LogP contribution in [0.4, 0.5) is 0 Å². The van der Waals surface area contributed by atoms with Crippen LogP contribution in [0.2, 0.25) is 0 Å². The van der Waals surface area contributed by atoms with Crippen LogP contribution < -0.4 is 10.3 Å². The maximum absolute atomic E-state index is 12.0. The van der Waals surface area contributed by atoms with E-state index in [9.17, 15) is 4.79 Å². The van der Waals surface area contributed by atoms with Gasteiger partial charge in [0, 0.05) is 24.4 Å². The lowest BCUT2D eigenvalue weighted by molar-refractivity contribution is -0.138. The first-order valence-electron chi connectivity index (χ1n) is 7.65. The third kappa shape index (κ3) is 3.46. The van der Waals surface area contributed by atoms with E-state index in [0.29, 0.717) is 13.0 Å². The minimum Gasteiger partial charge on any atom is -0.496 e. The van der Waals surface area contributed by atoms with E-state index in [1.807, 2.05) is 38.1 Å². The van der Waals surface area contributed by atoms with Crippen LogP contribution in [0.3, 0.4) is 0 Å². The van der Waals surface area contributed by atoms with Gasteiger partial charge < -0.3 is 14.2 Å². The van der Waals surface area contributed by atoms with Gasteiger partial charge in [-0.3, -0.25) is 9.36 Å². The van der Waals surface area contributed by atoms with E-state index in [4.69, 9.17) is 14.2 Å². The van der Waals surface area contributed by atoms with Crippen LogP contribution >= 0.6 is 0 Å². The first-order chi connectivity index (χ1) is 11.0. The number of ether oxygens (including phenoxy) is 3. The molecule has 0 saturated carbocycles. The standard InChI is InChI=1S/C18H21NO4/c1-18(2)22-12-15(23-18)11-13-10-14(7-8-16(13)21-3)19-9-5-4-6-17(19)20/h4-10,15H,11-12H2,1-3H3. The highest BCUT2D eigenvalue weighted by Gasteiger charge is 2.33. The molecule has 0 aliphatic carbocycles. The van der Waals surface area contributed by atoms with Gasteiger partial charge in [0.25, 0.3) is 5.56 Å². The Morgan fingerprint density at radius 3 is 2.78 bits per heavy atom. The predicted octanol–water partition coefficient (Wildman–Crippen LogP) is 2.54. The Kier molecular flexibility index (Phi) is 4.24. The molecule has 1 saturated heterocycles. The molecule has 122 valence electrons. The highest BCUT2D eigenvalue weighted by Crippen LogP contribution is 2.28. The lowest BCUT2D eigenvalue weighted by Crippen LogP contribution is -2.22. The number of hydrogen-bond donors (Lipinski definition) is 0. The zero-order valence-electron chi connectivity index (χ0n) is 13.6. The molecule has 5 heteroatoms. The molecule has 2 aromatic rings. The van der Waals surface area contributed by atoms with Crippen LogP contribution in [0.1, 0.15) is 19.4 Å². The highest BCUT2D eigenvalue weighted by atomic mass is 16.7. The van der Waals surface area contributed by atoms with Crippen molar-refractivity contribution >= 4 is 0 Å². The molecule has 1 atom stereocenters. The summed E-state index contributed by atoms with van der Waals surface area (Å²) in [5, 5.41) is 0. The van der Waals surface area contributed by atoms with E-state index in [1.54, 1.807) is 30.0 Å². The van der Waals surface area contributed by atoms with Gasteiger partial charge in [0.2, 0.25) is 0 Å². The Morgan fingerprint density at radius 1 is 1.30 bits per heavy atom. The Labute approximate surface area is 135 Å². The Morgan fingerprint density at radius 2 is 2.13 bits per heavy atom. The molecular formula is C18H21NO4. The third-order valence-electron chi connectivity index (χ3n) is 3.88. The molecule has 1 aliphatic heterocycles. The number of methoxy groups -OCH3 is 1. The van der Waals surface area contributed by atoms with Crippen molar-refractivity contribution in [3.05, 3.63) is 58.5 Å². The minimum absolute atomic E-state index is 0.0263. The largest absolute Gasteiger partial charge is 0.496 e. The number of pyridine rings is 1. The second kappa shape index (κ2) is 6.18. The Balaban J connectivity index is 1.91. The second-order valence-corrected chi connectivity index (χ2v) is 6.06. The summed E-state index contributed by atoms with van der Waals surface area (Å²) >= 11 is 0. The summed E-state index contributed by atoms with van der Waals surface area (Å²) in [5.41, 5.74) is 1.74. The smallest absolute Gasteiger partial charge is 0.255 e. The maximum Gasteiger partial charge on any atom is 0.255 e. The fraction of sp³-hybridized carbons (Fsp3) is 0.389. The van der Waals surface area contributed by atoms with Crippen molar-refractivity contribution in [2.45, 2.75) is 32.2 Å². The average Bonchev–Trinajstić information content (AvgIpc) is 2.86. The molecule has 1 aliphatic rings. The van der Waals surface area contributed by atoms with Crippen LogP contribution in [0.25, 0.3) is 5.69 Å². The number of aromatic nitrogens is 1. The van der Waals surface area contributed by atoms with Crippen LogP contribution in [0, 0.1) is 0 Å².